The number of fused-ring (bicyclic) bond motifs is 1. The van der Waals surface area contributed by atoms with Crippen molar-refractivity contribution in [2.24, 2.45) is 0 Å². The minimum Gasteiger partial charge on any atom is -0.373 e. The number of aromatic nitrogens is 2. The Morgan fingerprint density at radius 2 is 1.64 bits per heavy atom. The van der Waals surface area contributed by atoms with E-state index in [2.05, 4.69) is 40.2 Å². The lowest BCUT2D eigenvalue weighted by molar-refractivity contribution is -0.0346. The molecule has 1 N–H and O–H groups in total. The Bertz CT molecular complexity index is 986. The van der Waals surface area contributed by atoms with E-state index < -0.39 is 0 Å². The van der Waals surface area contributed by atoms with Crippen LogP contribution in [0.4, 0.5) is 0 Å². The van der Waals surface area contributed by atoms with Gasteiger partial charge in [-0.05, 0) is 43.4 Å². The van der Waals surface area contributed by atoms with Crippen molar-refractivity contribution in [2.45, 2.75) is 43.9 Å². The van der Waals surface area contributed by atoms with Gasteiger partial charge >= 0.3 is 5.69 Å². The summed E-state index contributed by atoms with van der Waals surface area (Å²) >= 11 is 0. The fraction of sp³-hybridized carbons (Fsp3) is 0.435. The van der Waals surface area contributed by atoms with E-state index in [-0.39, 0.29) is 17.8 Å². The average Bonchev–Trinajstić information content (AvgIpc) is 3.10. The van der Waals surface area contributed by atoms with Gasteiger partial charge in [0.2, 0.25) is 0 Å². The van der Waals surface area contributed by atoms with Gasteiger partial charge in [0.25, 0.3) is 0 Å². The molecular formula is C23H27N3O2. The van der Waals surface area contributed by atoms with Crippen LogP contribution in [0.2, 0.25) is 0 Å². The van der Waals surface area contributed by atoms with Gasteiger partial charge in [0.05, 0.1) is 17.1 Å². The molecule has 3 heterocycles. The SMILES string of the molecule is O=c1[nH]c2ccccc2n1C1CCN([C@@H]2CCO[C@H](c3ccccc3)C2)CC1. The Balaban J connectivity index is 1.27. The molecule has 0 unspecified atom stereocenters. The maximum absolute atomic E-state index is 12.5. The van der Waals surface area contributed by atoms with Gasteiger partial charge in [-0.2, -0.15) is 0 Å². The highest BCUT2D eigenvalue weighted by atomic mass is 16.5. The molecule has 0 aliphatic carbocycles. The highest BCUT2D eigenvalue weighted by molar-refractivity contribution is 5.75. The fourth-order valence-electron chi connectivity index (χ4n) is 4.96. The van der Waals surface area contributed by atoms with Crippen LogP contribution in [0.15, 0.2) is 59.4 Å². The number of piperidine rings is 1. The average molecular weight is 377 g/mol. The molecule has 28 heavy (non-hydrogen) atoms. The van der Waals surface area contributed by atoms with Gasteiger partial charge in [0, 0.05) is 31.8 Å². The lowest BCUT2D eigenvalue weighted by Crippen LogP contribution is -2.45. The Hall–Kier alpha value is -2.37. The molecule has 2 atom stereocenters. The fourth-order valence-corrected chi connectivity index (χ4v) is 4.96. The maximum Gasteiger partial charge on any atom is 0.326 e. The summed E-state index contributed by atoms with van der Waals surface area (Å²) in [5.41, 5.74) is 3.27. The number of imidazole rings is 1. The van der Waals surface area contributed by atoms with Gasteiger partial charge in [-0.25, -0.2) is 4.79 Å². The first kappa shape index (κ1) is 17.7. The molecule has 146 valence electrons. The molecule has 2 aliphatic heterocycles. The van der Waals surface area contributed by atoms with E-state index in [1.54, 1.807) is 0 Å². The number of nitrogens with one attached hydrogen (secondary N) is 1. The number of aromatic amines is 1. The lowest BCUT2D eigenvalue weighted by atomic mass is 9.94. The molecule has 0 saturated carbocycles. The molecule has 2 fully saturated rings. The van der Waals surface area contributed by atoms with Crippen LogP contribution in [0, 0.1) is 0 Å². The summed E-state index contributed by atoms with van der Waals surface area (Å²) in [6.07, 6.45) is 4.40. The predicted molar refractivity (Wildman–Crippen MR) is 111 cm³/mol. The second kappa shape index (κ2) is 7.57. The summed E-state index contributed by atoms with van der Waals surface area (Å²) in [6.45, 7) is 2.91. The smallest absolute Gasteiger partial charge is 0.326 e. The zero-order chi connectivity index (χ0) is 18.9. The van der Waals surface area contributed by atoms with Crippen molar-refractivity contribution in [3.05, 3.63) is 70.6 Å². The van der Waals surface area contributed by atoms with E-state index in [1.165, 1.54) is 5.56 Å². The Kier molecular flexibility index (Phi) is 4.79. The molecular weight excluding hydrogens is 350 g/mol. The summed E-state index contributed by atoms with van der Waals surface area (Å²) in [5.74, 6) is 0. The highest BCUT2D eigenvalue weighted by Gasteiger charge is 2.31. The van der Waals surface area contributed by atoms with Crippen molar-refractivity contribution >= 4 is 11.0 Å². The number of nitrogens with zero attached hydrogens (tertiary/aromatic N) is 2. The van der Waals surface area contributed by atoms with Gasteiger partial charge < -0.3 is 14.6 Å². The molecule has 2 aliphatic rings. The third-order valence-corrected chi connectivity index (χ3v) is 6.43. The number of hydrogen-bond donors (Lipinski definition) is 1. The molecule has 0 bridgehead atoms. The first-order valence-corrected chi connectivity index (χ1v) is 10.4. The normalized spacial score (nSPS) is 24.6. The molecule has 5 nitrogen and oxygen atoms in total. The van der Waals surface area contributed by atoms with E-state index in [4.69, 9.17) is 4.74 Å². The molecule has 2 aromatic carbocycles. The molecule has 3 aromatic rings. The summed E-state index contributed by atoms with van der Waals surface area (Å²) < 4.78 is 8.03. The second-order valence-corrected chi connectivity index (χ2v) is 8.03. The minimum absolute atomic E-state index is 0.0230. The third kappa shape index (κ3) is 3.29. The van der Waals surface area contributed by atoms with Crippen molar-refractivity contribution in [2.75, 3.05) is 19.7 Å². The lowest BCUT2D eigenvalue weighted by Gasteiger charge is -2.41. The zero-order valence-electron chi connectivity index (χ0n) is 16.1. The van der Waals surface area contributed by atoms with Crippen molar-refractivity contribution < 1.29 is 4.74 Å². The number of para-hydroxylation sites is 2. The summed E-state index contributed by atoms with van der Waals surface area (Å²) in [4.78, 5) is 18.1. The third-order valence-electron chi connectivity index (χ3n) is 6.43. The van der Waals surface area contributed by atoms with Crippen LogP contribution in [0.3, 0.4) is 0 Å². The van der Waals surface area contributed by atoms with Crippen LogP contribution in [0.1, 0.15) is 43.4 Å². The number of likely N-dealkylation sites (tertiary alicyclic amines) is 1. The van der Waals surface area contributed by atoms with Crippen LogP contribution >= 0.6 is 0 Å². The van der Waals surface area contributed by atoms with E-state index in [0.717, 1.165) is 56.4 Å². The minimum atomic E-state index is 0.0230. The van der Waals surface area contributed by atoms with Crippen LogP contribution < -0.4 is 5.69 Å². The van der Waals surface area contributed by atoms with E-state index in [9.17, 15) is 4.79 Å². The molecule has 5 rings (SSSR count). The van der Waals surface area contributed by atoms with Gasteiger partial charge in [-0.15, -0.1) is 0 Å². The van der Waals surface area contributed by atoms with E-state index >= 15 is 0 Å². The second-order valence-electron chi connectivity index (χ2n) is 8.03. The van der Waals surface area contributed by atoms with Gasteiger partial charge in [0.15, 0.2) is 0 Å². The van der Waals surface area contributed by atoms with Gasteiger partial charge in [-0.1, -0.05) is 42.5 Å². The molecule has 0 radical (unpaired) electrons. The van der Waals surface area contributed by atoms with Crippen LogP contribution in [0.5, 0.6) is 0 Å². The van der Waals surface area contributed by atoms with Crippen LogP contribution in [-0.2, 0) is 4.74 Å². The topological polar surface area (TPSA) is 50.3 Å². The number of ether oxygens (including phenoxy) is 1. The first-order valence-electron chi connectivity index (χ1n) is 10.4. The molecule has 2 saturated heterocycles. The number of benzene rings is 2. The van der Waals surface area contributed by atoms with Crippen molar-refractivity contribution in [1.29, 1.82) is 0 Å². The number of H-pyrrole nitrogens is 1. The monoisotopic (exact) mass is 377 g/mol. The number of hydrogen-bond acceptors (Lipinski definition) is 3. The Labute approximate surface area is 164 Å². The molecule has 5 heteroatoms. The largest absolute Gasteiger partial charge is 0.373 e. The molecule has 1 aromatic heterocycles. The Morgan fingerprint density at radius 1 is 0.893 bits per heavy atom. The molecule has 0 amide bonds. The molecule has 0 spiro atoms. The van der Waals surface area contributed by atoms with Crippen LogP contribution in [-0.4, -0.2) is 40.2 Å². The summed E-state index contributed by atoms with van der Waals surface area (Å²) in [6, 6.07) is 19.4. The van der Waals surface area contributed by atoms with E-state index in [0.29, 0.717) is 6.04 Å². The maximum atomic E-state index is 12.5. The summed E-state index contributed by atoms with van der Waals surface area (Å²) in [7, 11) is 0. The van der Waals surface area contributed by atoms with Gasteiger partial charge in [-0.3, -0.25) is 4.57 Å². The predicted octanol–water partition coefficient (Wildman–Crippen LogP) is 3.89. The van der Waals surface area contributed by atoms with Crippen LogP contribution in [0.25, 0.3) is 11.0 Å². The number of rotatable bonds is 3. The van der Waals surface area contributed by atoms with Crippen molar-refractivity contribution in [3.8, 4) is 0 Å². The zero-order valence-corrected chi connectivity index (χ0v) is 16.1. The van der Waals surface area contributed by atoms with E-state index in [1.807, 2.05) is 28.8 Å². The standard InChI is InChI=1S/C23H27N3O2/c27-23-24-20-8-4-5-9-21(20)26(23)18-10-13-25(14-11-18)19-12-15-28-22(16-19)17-6-2-1-3-7-17/h1-9,18-19,22H,10-16H2,(H,24,27)/t19-,22+/m1/s1. The van der Waals surface area contributed by atoms with Gasteiger partial charge in [0.1, 0.15) is 0 Å². The highest BCUT2D eigenvalue weighted by Crippen LogP contribution is 2.33. The van der Waals surface area contributed by atoms with Crippen molar-refractivity contribution in [1.82, 2.24) is 14.5 Å². The Morgan fingerprint density at radius 3 is 2.46 bits per heavy atom. The van der Waals surface area contributed by atoms with Crippen molar-refractivity contribution in [3.63, 3.8) is 0 Å². The summed E-state index contributed by atoms with van der Waals surface area (Å²) in [5, 5.41) is 0. The first-order chi connectivity index (χ1) is 13.8. The quantitative estimate of drug-likeness (QED) is 0.753.